The summed E-state index contributed by atoms with van der Waals surface area (Å²) in [5.41, 5.74) is 4.24. The number of anilines is 2. The molecule has 0 amide bonds. The number of pyridine rings is 1. The van der Waals surface area contributed by atoms with E-state index in [4.69, 9.17) is 33.5 Å². The molecule has 0 bridgehead atoms. The molecule has 5 atom stereocenters. The van der Waals surface area contributed by atoms with Crippen LogP contribution in [0.25, 0.3) is 0 Å². The minimum atomic E-state index is -0.0934. The Hall–Kier alpha value is -2.61. The molecule has 38 heavy (non-hydrogen) atoms. The van der Waals surface area contributed by atoms with Gasteiger partial charge in [-0.3, -0.25) is 4.98 Å². The lowest BCUT2D eigenvalue weighted by Crippen LogP contribution is -2.39. The molecular formula is C30H36ClN5OS. The van der Waals surface area contributed by atoms with E-state index in [1.54, 1.807) is 0 Å². The van der Waals surface area contributed by atoms with Crippen molar-refractivity contribution in [2.75, 3.05) is 29.5 Å². The molecule has 6 nitrogen and oxygen atoms in total. The molecule has 3 aliphatic heterocycles. The Morgan fingerprint density at radius 3 is 2.66 bits per heavy atom. The molecule has 0 radical (unpaired) electrons. The third kappa shape index (κ3) is 5.04. The number of benzene rings is 1. The number of rotatable bonds is 6. The Kier molecular flexibility index (Phi) is 7.34. The summed E-state index contributed by atoms with van der Waals surface area (Å²) in [5.74, 6) is 1.31. The largest absolute Gasteiger partial charge is 0.376 e. The Morgan fingerprint density at radius 1 is 1.11 bits per heavy atom. The summed E-state index contributed by atoms with van der Waals surface area (Å²) in [5, 5.41) is 5.03. The van der Waals surface area contributed by atoms with Crippen LogP contribution < -0.4 is 15.1 Å². The molecule has 0 unspecified atom stereocenters. The highest BCUT2D eigenvalue weighted by Gasteiger charge is 2.42. The Balaban J connectivity index is 1.37. The third-order valence-corrected chi connectivity index (χ3v) is 8.73. The summed E-state index contributed by atoms with van der Waals surface area (Å²) in [4.78, 5) is 9.36. The van der Waals surface area contributed by atoms with E-state index in [-0.39, 0.29) is 18.2 Å². The maximum absolute atomic E-state index is 6.99. The molecule has 0 aliphatic carbocycles. The van der Waals surface area contributed by atoms with E-state index in [1.807, 2.05) is 18.3 Å². The van der Waals surface area contributed by atoms with Crippen LogP contribution in [0.1, 0.15) is 56.6 Å². The van der Waals surface area contributed by atoms with Gasteiger partial charge in [0.15, 0.2) is 5.11 Å². The number of hydrogen-bond donors (Lipinski definition) is 1. The zero-order chi connectivity index (χ0) is 26.2. The van der Waals surface area contributed by atoms with Gasteiger partial charge in [-0.15, -0.1) is 0 Å². The van der Waals surface area contributed by atoms with Crippen molar-refractivity contribution in [2.24, 2.45) is 11.8 Å². The molecule has 3 saturated heterocycles. The molecule has 1 aromatic carbocycles. The fourth-order valence-corrected chi connectivity index (χ4v) is 7.21. The quantitative estimate of drug-likeness (QED) is 0.360. The van der Waals surface area contributed by atoms with E-state index in [2.05, 4.69) is 76.1 Å². The van der Waals surface area contributed by atoms with Crippen molar-refractivity contribution in [3.63, 3.8) is 0 Å². The zero-order valence-corrected chi connectivity index (χ0v) is 23.7. The second-order valence-electron chi connectivity index (χ2n) is 11.2. The van der Waals surface area contributed by atoms with Gasteiger partial charge < -0.3 is 24.4 Å². The Labute approximate surface area is 235 Å². The van der Waals surface area contributed by atoms with Crippen LogP contribution >= 0.6 is 23.8 Å². The van der Waals surface area contributed by atoms with Gasteiger partial charge in [0.2, 0.25) is 0 Å². The highest BCUT2D eigenvalue weighted by molar-refractivity contribution is 7.80. The fourth-order valence-electron chi connectivity index (χ4n) is 6.56. The van der Waals surface area contributed by atoms with Crippen LogP contribution in [-0.4, -0.2) is 40.5 Å². The maximum atomic E-state index is 6.99. The summed E-state index contributed by atoms with van der Waals surface area (Å²) in [7, 11) is 0. The fraction of sp³-hybridized carbons (Fsp3) is 0.467. The smallest absolute Gasteiger partial charge is 0.174 e. The van der Waals surface area contributed by atoms with Crippen molar-refractivity contribution < 1.29 is 4.74 Å². The highest BCUT2D eigenvalue weighted by Crippen LogP contribution is 2.44. The first kappa shape index (κ1) is 25.7. The standard InChI is InChI=1S/C30H36ClN5OS/c1-20-15-21(2)18-35(17-20)26-11-10-22(16-24(26)31)36-29(28(33-30(36)38)25-8-3-4-12-32-25)27-9-5-13-34(27)19-23-7-6-14-37-23/h3-5,8-13,16,20-21,23,28-29H,6-7,14-15,17-19H2,1-2H3,(H,33,38)/t20-,21-,23+,28+,29+/m1/s1. The van der Waals surface area contributed by atoms with Gasteiger partial charge in [-0.1, -0.05) is 31.5 Å². The molecule has 3 fully saturated rings. The van der Waals surface area contributed by atoms with Crippen LogP contribution in [0.3, 0.4) is 0 Å². The highest BCUT2D eigenvalue weighted by atomic mass is 35.5. The van der Waals surface area contributed by atoms with Crippen molar-refractivity contribution in [1.82, 2.24) is 14.9 Å². The van der Waals surface area contributed by atoms with Crippen molar-refractivity contribution in [2.45, 2.75) is 57.8 Å². The molecule has 3 aliphatic rings. The number of ether oxygens (including phenoxy) is 1. The summed E-state index contributed by atoms with van der Waals surface area (Å²) >= 11 is 13.0. The monoisotopic (exact) mass is 549 g/mol. The molecule has 6 rings (SSSR count). The molecule has 0 spiro atoms. The van der Waals surface area contributed by atoms with Crippen molar-refractivity contribution in [3.8, 4) is 0 Å². The average Bonchev–Trinajstić information content (AvgIpc) is 3.65. The summed E-state index contributed by atoms with van der Waals surface area (Å²) in [6.07, 6.45) is 7.72. The summed E-state index contributed by atoms with van der Waals surface area (Å²) < 4.78 is 8.30. The molecule has 1 N–H and O–H groups in total. The van der Waals surface area contributed by atoms with Crippen molar-refractivity contribution >= 4 is 40.3 Å². The first-order valence-corrected chi connectivity index (χ1v) is 14.6. The Morgan fingerprint density at radius 2 is 1.95 bits per heavy atom. The van der Waals surface area contributed by atoms with Crippen LogP contribution in [0.2, 0.25) is 5.02 Å². The Bertz CT molecular complexity index is 1270. The van der Waals surface area contributed by atoms with E-state index in [0.717, 1.165) is 61.2 Å². The van der Waals surface area contributed by atoms with Crippen LogP contribution in [-0.2, 0) is 11.3 Å². The van der Waals surface area contributed by atoms with E-state index < -0.39 is 0 Å². The van der Waals surface area contributed by atoms with Crippen molar-refractivity contribution in [3.05, 3.63) is 77.3 Å². The van der Waals surface area contributed by atoms with Crippen molar-refractivity contribution in [1.29, 1.82) is 0 Å². The van der Waals surface area contributed by atoms with Crippen LogP contribution in [0.15, 0.2) is 60.9 Å². The number of nitrogens with one attached hydrogen (secondary N) is 1. The van der Waals surface area contributed by atoms with Crippen LogP contribution in [0.5, 0.6) is 0 Å². The molecule has 200 valence electrons. The van der Waals surface area contributed by atoms with Gasteiger partial charge in [0.05, 0.1) is 28.5 Å². The van der Waals surface area contributed by atoms with Gasteiger partial charge in [0, 0.05) is 50.0 Å². The predicted molar refractivity (Wildman–Crippen MR) is 158 cm³/mol. The maximum Gasteiger partial charge on any atom is 0.174 e. The lowest BCUT2D eigenvalue weighted by molar-refractivity contribution is 0.0961. The summed E-state index contributed by atoms with van der Waals surface area (Å²) in [6.45, 7) is 8.40. The zero-order valence-electron chi connectivity index (χ0n) is 22.1. The number of piperidine rings is 1. The van der Waals surface area contributed by atoms with Crippen LogP contribution in [0.4, 0.5) is 11.4 Å². The second kappa shape index (κ2) is 10.9. The SMILES string of the molecule is C[C@@H]1C[C@@H](C)CN(c2ccc(N3C(=S)N[C@@H](c4ccccn4)[C@@H]3c3cccn3C[C@@H]3CCCO3)cc2Cl)C1. The first-order valence-electron chi connectivity index (χ1n) is 13.8. The predicted octanol–water partition coefficient (Wildman–Crippen LogP) is 6.37. The lowest BCUT2D eigenvalue weighted by Gasteiger charge is -2.37. The average molecular weight is 550 g/mol. The number of thiocarbonyl (C=S) groups is 1. The number of nitrogens with zero attached hydrogens (tertiary/aromatic N) is 4. The first-order chi connectivity index (χ1) is 18.5. The second-order valence-corrected chi connectivity index (χ2v) is 12.0. The van der Waals surface area contributed by atoms with Gasteiger partial charge >= 0.3 is 0 Å². The lowest BCUT2D eigenvalue weighted by atomic mass is 9.91. The molecular weight excluding hydrogens is 514 g/mol. The number of hydrogen-bond acceptors (Lipinski definition) is 4. The molecule has 8 heteroatoms. The molecule has 2 aromatic heterocycles. The van der Waals surface area contributed by atoms with Gasteiger partial charge in [-0.05, 0) is 85.8 Å². The van der Waals surface area contributed by atoms with E-state index in [0.29, 0.717) is 16.9 Å². The summed E-state index contributed by atoms with van der Waals surface area (Å²) in [6, 6.07) is 16.6. The molecule has 3 aromatic rings. The normalized spacial score (nSPS) is 27.7. The molecule has 0 saturated carbocycles. The van der Waals surface area contributed by atoms with Crippen LogP contribution in [0, 0.1) is 11.8 Å². The van der Waals surface area contributed by atoms with Gasteiger partial charge in [0.25, 0.3) is 0 Å². The number of aromatic nitrogens is 2. The van der Waals surface area contributed by atoms with E-state index in [9.17, 15) is 0 Å². The van der Waals surface area contributed by atoms with E-state index >= 15 is 0 Å². The van der Waals surface area contributed by atoms with Gasteiger partial charge in [0.1, 0.15) is 6.04 Å². The van der Waals surface area contributed by atoms with E-state index in [1.165, 1.54) is 12.1 Å². The van der Waals surface area contributed by atoms with Gasteiger partial charge in [-0.25, -0.2) is 0 Å². The van der Waals surface area contributed by atoms with Gasteiger partial charge in [-0.2, -0.15) is 0 Å². The minimum absolute atomic E-state index is 0.0780. The minimum Gasteiger partial charge on any atom is -0.376 e. The number of halogens is 1. The molecule has 5 heterocycles. The topological polar surface area (TPSA) is 45.6 Å². The third-order valence-electron chi connectivity index (χ3n) is 8.11.